The van der Waals surface area contributed by atoms with Crippen LogP contribution >= 0.6 is 0 Å². The van der Waals surface area contributed by atoms with Gasteiger partial charge < -0.3 is 11.1 Å². The van der Waals surface area contributed by atoms with Gasteiger partial charge in [-0.2, -0.15) is 5.10 Å². The van der Waals surface area contributed by atoms with Crippen LogP contribution in [0.5, 0.6) is 0 Å². The number of aromatic nitrogens is 2. The number of nitrogens with one attached hydrogen (secondary N) is 1. The Morgan fingerprint density at radius 2 is 2.41 bits per heavy atom. The van der Waals surface area contributed by atoms with E-state index in [1.165, 1.54) is 0 Å². The molecule has 1 aromatic rings. The van der Waals surface area contributed by atoms with E-state index in [4.69, 9.17) is 5.73 Å². The van der Waals surface area contributed by atoms with Gasteiger partial charge >= 0.3 is 0 Å². The molecule has 5 nitrogen and oxygen atoms in total. The molecule has 0 aliphatic heterocycles. The molecule has 1 rings (SSSR count). The quantitative estimate of drug-likeness (QED) is 0.730. The fourth-order valence-electron chi connectivity index (χ4n) is 1.65. The van der Waals surface area contributed by atoms with Crippen LogP contribution in [0.4, 0.5) is 0 Å². The summed E-state index contributed by atoms with van der Waals surface area (Å²) in [6.07, 6.45) is 4.90. The second kappa shape index (κ2) is 7.06. The van der Waals surface area contributed by atoms with E-state index >= 15 is 0 Å². The molecule has 1 aromatic heterocycles. The van der Waals surface area contributed by atoms with E-state index in [2.05, 4.69) is 10.4 Å². The Kier molecular flexibility index (Phi) is 5.69. The predicted octanol–water partition coefficient (Wildman–Crippen LogP) is 0.596. The summed E-state index contributed by atoms with van der Waals surface area (Å²) in [6.45, 7) is 2.62. The topological polar surface area (TPSA) is 72.9 Å². The molecular formula is C12H22N4O. The zero-order valence-corrected chi connectivity index (χ0v) is 10.6. The highest BCUT2D eigenvalue weighted by atomic mass is 16.1. The Bertz CT molecular complexity index is 346. The molecule has 0 saturated heterocycles. The highest BCUT2D eigenvalue weighted by Crippen LogP contribution is 1.99. The van der Waals surface area contributed by atoms with Crippen molar-refractivity contribution in [3.63, 3.8) is 0 Å². The molecule has 0 bridgehead atoms. The van der Waals surface area contributed by atoms with Crippen LogP contribution in [0.15, 0.2) is 12.3 Å². The fourth-order valence-corrected chi connectivity index (χ4v) is 1.65. The zero-order valence-electron chi connectivity index (χ0n) is 10.6. The second-order valence-electron chi connectivity index (χ2n) is 4.42. The van der Waals surface area contributed by atoms with Crippen LogP contribution in [0.1, 0.15) is 31.9 Å². The zero-order chi connectivity index (χ0) is 12.7. The molecule has 0 aliphatic carbocycles. The van der Waals surface area contributed by atoms with E-state index in [-0.39, 0.29) is 11.9 Å². The molecule has 17 heavy (non-hydrogen) atoms. The monoisotopic (exact) mass is 238 g/mol. The predicted molar refractivity (Wildman–Crippen MR) is 67.4 cm³/mol. The van der Waals surface area contributed by atoms with Crippen LogP contribution in [0.2, 0.25) is 0 Å². The number of aryl methyl sites for hydroxylation is 1. The number of nitrogens with zero attached hydrogens (tertiary/aromatic N) is 2. The van der Waals surface area contributed by atoms with E-state index in [0.29, 0.717) is 13.0 Å². The van der Waals surface area contributed by atoms with Crippen LogP contribution in [0, 0.1) is 0 Å². The Hall–Kier alpha value is -1.36. The fraction of sp³-hybridized carbons (Fsp3) is 0.667. The summed E-state index contributed by atoms with van der Waals surface area (Å²) >= 11 is 0. The van der Waals surface area contributed by atoms with Crippen LogP contribution in [0.3, 0.4) is 0 Å². The van der Waals surface area contributed by atoms with Crippen molar-refractivity contribution in [1.29, 1.82) is 0 Å². The van der Waals surface area contributed by atoms with Crippen molar-refractivity contribution in [2.75, 3.05) is 6.54 Å². The minimum atomic E-state index is 0.104. The second-order valence-corrected chi connectivity index (χ2v) is 4.42. The van der Waals surface area contributed by atoms with Crippen LogP contribution < -0.4 is 11.1 Å². The van der Waals surface area contributed by atoms with Gasteiger partial charge in [-0.1, -0.05) is 0 Å². The molecule has 0 saturated carbocycles. The number of carbonyl (C=O) groups excluding carboxylic acids is 1. The average Bonchev–Trinajstić information content (AvgIpc) is 2.64. The van der Waals surface area contributed by atoms with Crippen molar-refractivity contribution in [1.82, 2.24) is 15.1 Å². The SMILES string of the molecule is CC(N)CCCC(=O)NCCc1ccnn1C. The van der Waals surface area contributed by atoms with Gasteiger partial charge in [0.15, 0.2) is 0 Å². The Labute approximate surface area is 102 Å². The molecule has 0 radical (unpaired) electrons. The average molecular weight is 238 g/mol. The molecular weight excluding hydrogens is 216 g/mol. The lowest BCUT2D eigenvalue weighted by molar-refractivity contribution is -0.121. The summed E-state index contributed by atoms with van der Waals surface area (Å²) in [5.41, 5.74) is 6.74. The highest BCUT2D eigenvalue weighted by molar-refractivity contribution is 5.75. The van der Waals surface area contributed by atoms with Gasteiger partial charge in [-0.15, -0.1) is 0 Å². The van der Waals surface area contributed by atoms with Gasteiger partial charge in [-0.25, -0.2) is 0 Å². The number of carbonyl (C=O) groups is 1. The molecule has 0 fully saturated rings. The number of hydrogen-bond acceptors (Lipinski definition) is 3. The van der Waals surface area contributed by atoms with Crippen LogP contribution in [-0.2, 0) is 18.3 Å². The van der Waals surface area contributed by atoms with Crippen molar-refractivity contribution in [2.45, 2.75) is 38.6 Å². The molecule has 1 heterocycles. The molecule has 96 valence electrons. The van der Waals surface area contributed by atoms with Gasteiger partial charge in [0.25, 0.3) is 0 Å². The minimum Gasteiger partial charge on any atom is -0.356 e. The third-order valence-electron chi connectivity index (χ3n) is 2.69. The van der Waals surface area contributed by atoms with E-state index < -0.39 is 0 Å². The summed E-state index contributed by atoms with van der Waals surface area (Å²) in [4.78, 5) is 11.5. The first-order valence-electron chi connectivity index (χ1n) is 6.08. The van der Waals surface area contributed by atoms with Crippen LogP contribution in [-0.4, -0.2) is 28.3 Å². The van der Waals surface area contributed by atoms with Gasteiger partial charge in [0.2, 0.25) is 5.91 Å². The number of amides is 1. The first-order valence-corrected chi connectivity index (χ1v) is 6.08. The maximum absolute atomic E-state index is 11.5. The molecule has 1 unspecified atom stereocenters. The normalized spacial score (nSPS) is 12.4. The standard InChI is InChI=1S/C12H22N4O/c1-10(13)4-3-5-12(17)14-8-6-11-7-9-15-16(11)2/h7,9-10H,3-6,8,13H2,1-2H3,(H,14,17). The first-order chi connectivity index (χ1) is 8.09. The van der Waals surface area contributed by atoms with E-state index in [1.807, 2.05) is 24.7 Å². The number of hydrogen-bond donors (Lipinski definition) is 2. The molecule has 1 amide bonds. The lowest BCUT2D eigenvalue weighted by Gasteiger charge is -2.06. The van der Waals surface area contributed by atoms with Crippen LogP contribution in [0.25, 0.3) is 0 Å². The first kappa shape index (κ1) is 13.7. The van der Waals surface area contributed by atoms with Crippen molar-refractivity contribution in [3.8, 4) is 0 Å². The number of rotatable bonds is 7. The molecule has 0 aliphatic rings. The Morgan fingerprint density at radius 3 is 3.00 bits per heavy atom. The van der Waals surface area contributed by atoms with Gasteiger partial charge in [0.05, 0.1) is 0 Å². The van der Waals surface area contributed by atoms with Gasteiger partial charge in [0, 0.05) is 44.4 Å². The maximum atomic E-state index is 11.5. The lowest BCUT2D eigenvalue weighted by atomic mass is 10.1. The Morgan fingerprint density at radius 1 is 1.65 bits per heavy atom. The summed E-state index contributed by atoms with van der Waals surface area (Å²) in [5, 5.41) is 6.97. The van der Waals surface area contributed by atoms with Gasteiger partial charge in [-0.05, 0) is 25.8 Å². The third-order valence-corrected chi connectivity index (χ3v) is 2.69. The van der Waals surface area contributed by atoms with Crippen molar-refractivity contribution in [2.24, 2.45) is 12.8 Å². The van der Waals surface area contributed by atoms with Gasteiger partial charge in [0.1, 0.15) is 0 Å². The van der Waals surface area contributed by atoms with Crippen molar-refractivity contribution >= 4 is 5.91 Å². The highest BCUT2D eigenvalue weighted by Gasteiger charge is 2.03. The van der Waals surface area contributed by atoms with Crippen molar-refractivity contribution < 1.29 is 4.79 Å². The summed E-state index contributed by atoms with van der Waals surface area (Å²) < 4.78 is 1.82. The third kappa shape index (κ3) is 5.49. The van der Waals surface area contributed by atoms with Crippen molar-refractivity contribution in [3.05, 3.63) is 18.0 Å². The molecule has 0 aromatic carbocycles. The van der Waals surface area contributed by atoms with Gasteiger partial charge in [-0.3, -0.25) is 9.48 Å². The smallest absolute Gasteiger partial charge is 0.220 e. The van der Waals surface area contributed by atoms with E-state index in [9.17, 15) is 4.79 Å². The van der Waals surface area contributed by atoms with E-state index in [0.717, 1.165) is 25.0 Å². The molecule has 5 heteroatoms. The molecule has 1 atom stereocenters. The number of nitrogens with two attached hydrogens (primary N) is 1. The maximum Gasteiger partial charge on any atom is 0.220 e. The lowest BCUT2D eigenvalue weighted by Crippen LogP contribution is -2.26. The summed E-state index contributed by atoms with van der Waals surface area (Å²) in [7, 11) is 1.90. The molecule has 3 N–H and O–H groups in total. The van der Waals surface area contributed by atoms with E-state index in [1.54, 1.807) is 6.20 Å². The summed E-state index contributed by atoms with van der Waals surface area (Å²) in [6, 6.07) is 2.14. The largest absolute Gasteiger partial charge is 0.356 e. The summed E-state index contributed by atoms with van der Waals surface area (Å²) in [5.74, 6) is 0.104. The Balaban J connectivity index is 2.10. The molecule has 0 spiro atoms. The minimum absolute atomic E-state index is 0.104.